The first-order valence-electron chi connectivity index (χ1n) is 10.6. The van der Waals surface area contributed by atoms with Crippen LogP contribution in [0.1, 0.15) is 0 Å². The Labute approximate surface area is 222 Å². The van der Waals surface area contributed by atoms with Crippen molar-refractivity contribution in [3.8, 4) is 0 Å². The number of rotatable bonds is 9. The number of aromatic nitrogens is 4. The number of carboxylic acid groups (broad SMARTS) is 1. The summed E-state index contributed by atoms with van der Waals surface area (Å²) in [6, 6.07) is 7.83. The van der Waals surface area contributed by atoms with Gasteiger partial charge in [-0.15, -0.1) is 0 Å². The molecule has 0 atom stereocenters. The van der Waals surface area contributed by atoms with Crippen LogP contribution in [0.2, 0.25) is 5.02 Å². The Morgan fingerprint density at radius 1 is 1.16 bits per heavy atom. The van der Waals surface area contributed by atoms with Gasteiger partial charge in [-0.2, -0.15) is 13.2 Å². The molecule has 0 bridgehead atoms. The van der Waals surface area contributed by atoms with Gasteiger partial charge in [0, 0.05) is 50.8 Å². The Balaban J connectivity index is 0.000000505. The highest BCUT2D eigenvalue weighted by molar-refractivity contribution is 7.89. The maximum Gasteiger partial charge on any atom is 0.490 e. The van der Waals surface area contributed by atoms with Crippen molar-refractivity contribution in [2.75, 3.05) is 18.4 Å². The molecule has 4 aromatic rings. The number of carbonyl (C=O) groups is 1. The molecular formula is C21H20ClF3N6O5S2. The lowest BCUT2D eigenvalue weighted by molar-refractivity contribution is -0.192. The van der Waals surface area contributed by atoms with Gasteiger partial charge in [0.25, 0.3) is 5.56 Å². The number of thiazole rings is 1. The lowest BCUT2D eigenvalue weighted by Crippen LogP contribution is -2.30. The first-order valence-corrected chi connectivity index (χ1v) is 13.3. The molecule has 3 aromatic heterocycles. The van der Waals surface area contributed by atoms with E-state index in [1.807, 2.05) is 10.8 Å². The van der Waals surface area contributed by atoms with Crippen molar-refractivity contribution in [1.82, 2.24) is 23.8 Å². The maximum atomic E-state index is 12.8. The molecule has 204 valence electrons. The predicted octanol–water partition coefficient (Wildman–Crippen LogP) is 3.03. The molecule has 1 aromatic carbocycles. The molecular weight excluding hydrogens is 573 g/mol. The largest absolute Gasteiger partial charge is 0.490 e. The van der Waals surface area contributed by atoms with Crippen LogP contribution in [0.4, 0.5) is 18.3 Å². The molecule has 3 heterocycles. The summed E-state index contributed by atoms with van der Waals surface area (Å²) in [5, 5.41) is 11.1. The molecule has 0 saturated heterocycles. The third-order valence-electron chi connectivity index (χ3n) is 4.72. The third-order valence-corrected chi connectivity index (χ3v) is 7.62. The summed E-state index contributed by atoms with van der Waals surface area (Å²) in [6.45, 7) is 1.65. The summed E-state index contributed by atoms with van der Waals surface area (Å²) in [6.07, 6.45) is 1.85. The zero-order valence-electron chi connectivity index (χ0n) is 19.2. The molecule has 0 fully saturated rings. The summed E-state index contributed by atoms with van der Waals surface area (Å²) in [5.74, 6) is -2.76. The first kappa shape index (κ1) is 29.1. The molecule has 11 nitrogen and oxygen atoms in total. The Hall–Kier alpha value is -3.47. The second-order valence-electron chi connectivity index (χ2n) is 7.43. The van der Waals surface area contributed by atoms with E-state index in [0.29, 0.717) is 21.9 Å². The second kappa shape index (κ2) is 12.4. The van der Waals surface area contributed by atoms with E-state index in [2.05, 4.69) is 20.0 Å². The van der Waals surface area contributed by atoms with E-state index in [0.717, 1.165) is 6.54 Å². The molecule has 0 unspecified atom stereocenters. The number of hydrogen-bond donors (Lipinski definition) is 3. The van der Waals surface area contributed by atoms with Crippen LogP contribution in [-0.4, -0.2) is 57.9 Å². The summed E-state index contributed by atoms with van der Waals surface area (Å²) in [7, 11) is -3.85. The van der Waals surface area contributed by atoms with Gasteiger partial charge in [0.05, 0.1) is 21.6 Å². The Kier molecular flexibility index (Phi) is 9.48. The van der Waals surface area contributed by atoms with Gasteiger partial charge in [-0.05, 0) is 18.2 Å². The zero-order chi connectivity index (χ0) is 27.9. The fourth-order valence-electron chi connectivity index (χ4n) is 2.95. The highest BCUT2D eigenvalue weighted by Gasteiger charge is 2.38. The molecule has 0 aliphatic heterocycles. The molecule has 4 rings (SSSR count). The average Bonchev–Trinajstić information content (AvgIpc) is 3.49. The minimum Gasteiger partial charge on any atom is -0.475 e. The molecule has 17 heteroatoms. The fourth-order valence-corrected chi connectivity index (χ4v) is 5.50. The van der Waals surface area contributed by atoms with Crippen LogP contribution in [0.15, 0.2) is 64.9 Å². The first-order chi connectivity index (χ1) is 17.9. The standard InChI is InChI=1S/C19H19ClN6O3S2.C2HF3O2/c20-14-11-15-16(30-19(24-15)22-5-9-25-8-4-21-13-25)12-17(14)31(28,29)23-6-10-26-7-2-1-3-18(26)27;3-2(4,5)1(6)7/h1-4,7-8,11-13,23H,5-6,9-10H2,(H,22,24);(H,6,7). The highest BCUT2D eigenvalue weighted by Crippen LogP contribution is 2.32. The van der Waals surface area contributed by atoms with Crippen LogP contribution in [-0.2, 0) is 27.9 Å². The maximum absolute atomic E-state index is 12.8. The summed E-state index contributed by atoms with van der Waals surface area (Å²) in [4.78, 5) is 29.1. The zero-order valence-corrected chi connectivity index (χ0v) is 21.6. The lowest BCUT2D eigenvalue weighted by Gasteiger charge is -2.09. The van der Waals surface area contributed by atoms with Crippen LogP contribution >= 0.6 is 22.9 Å². The quantitative estimate of drug-likeness (QED) is 0.269. The lowest BCUT2D eigenvalue weighted by atomic mass is 10.3. The molecule has 0 spiro atoms. The van der Waals surface area contributed by atoms with Crippen molar-refractivity contribution >= 4 is 54.3 Å². The summed E-state index contributed by atoms with van der Waals surface area (Å²) < 4.78 is 63.8. The number of anilines is 1. The number of imidazole rings is 1. The van der Waals surface area contributed by atoms with Crippen molar-refractivity contribution in [3.05, 3.63) is 70.6 Å². The number of fused-ring (bicyclic) bond motifs is 1. The van der Waals surface area contributed by atoms with Gasteiger partial charge < -0.3 is 19.6 Å². The van der Waals surface area contributed by atoms with Crippen molar-refractivity contribution < 1.29 is 31.5 Å². The number of hydrogen-bond acceptors (Lipinski definition) is 8. The molecule has 0 amide bonds. The topological polar surface area (TPSA) is 148 Å². The number of nitrogens with zero attached hydrogens (tertiary/aromatic N) is 4. The number of sulfonamides is 1. The smallest absolute Gasteiger partial charge is 0.475 e. The fraction of sp³-hybridized carbons (Fsp3) is 0.238. The van der Waals surface area contributed by atoms with E-state index in [9.17, 15) is 26.4 Å². The normalized spacial score (nSPS) is 11.7. The van der Waals surface area contributed by atoms with Crippen LogP contribution in [0.3, 0.4) is 0 Å². The number of carboxylic acids is 1. The predicted molar refractivity (Wildman–Crippen MR) is 135 cm³/mol. The van der Waals surface area contributed by atoms with E-state index in [1.54, 1.807) is 36.9 Å². The van der Waals surface area contributed by atoms with Crippen LogP contribution in [0, 0.1) is 0 Å². The van der Waals surface area contributed by atoms with Crippen LogP contribution < -0.4 is 15.6 Å². The van der Waals surface area contributed by atoms with E-state index in [4.69, 9.17) is 21.5 Å². The highest BCUT2D eigenvalue weighted by atomic mass is 35.5. The van der Waals surface area contributed by atoms with E-state index < -0.39 is 22.2 Å². The van der Waals surface area contributed by atoms with Crippen molar-refractivity contribution in [3.63, 3.8) is 0 Å². The molecule has 38 heavy (non-hydrogen) atoms. The van der Waals surface area contributed by atoms with Gasteiger partial charge in [0.2, 0.25) is 10.0 Å². The summed E-state index contributed by atoms with van der Waals surface area (Å²) in [5.41, 5.74) is 0.425. The van der Waals surface area contributed by atoms with E-state index in [-0.39, 0.29) is 28.6 Å². The van der Waals surface area contributed by atoms with Gasteiger partial charge in [-0.25, -0.2) is 27.9 Å². The van der Waals surface area contributed by atoms with Gasteiger partial charge in [0.15, 0.2) is 5.13 Å². The molecule has 3 N–H and O–H groups in total. The molecule has 0 radical (unpaired) electrons. The molecule has 0 aliphatic carbocycles. The number of aliphatic carboxylic acids is 1. The monoisotopic (exact) mass is 592 g/mol. The Bertz CT molecular complexity index is 1560. The van der Waals surface area contributed by atoms with Crippen molar-refractivity contribution in [1.29, 1.82) is 0 Å². The van der Waals surface area contributed by atoms with Gasteiger partial charge in [-0.1, -0.05) is 29.0 Å². The molecule has 0 saturated carbocycles. The Morgan fingerprint density at radius 2 is 1.89 bits per heavy atom. The van der Waals surface area contributed by atoms with Crippen LogP contribution in [0.5, 0.6) is 0 Å². The minimum atomic E-state index is -5.08. The van der Waals surface area contributed by atoms with Crippen LogP contribution in [0.25, 0.3) is 10.2 Å². The van der Waals surface area contributed by atoms with Gasteiger partial charge >= 0.3 is 12.1 Å². The number of alkyl halides is 3. The van der Waals surface area contributed by atoms with Gasteiger partial charge in [-0.3, -0.25) is 4.79 Å². The van der Waals surface area contributed by atoms with E-state index >= 15 is 0 Å². The van der Waals surface area contributed by atoms with Crippen molar-refractivity contribution in [2.24, 2.45) is 0 Å². The summed E-state index contributed by atoms with van der Waals surface area (Å²) >= 11 is 7.60. The SMILES string of the molecule is O=C(O)C(F)(F)F.O=c1ccccn1CCNS(=O)(=O)c1cc2sc(NCCn3ccnc3)nc2cc1Cl. The number of benzene rings is 1. The number of nitrogens with one attached hydrogen (secondary N) is 2. The third kappa shape index (κ3) is 8.01. The average molecular weight is 593 g/mol. The van der Waals surface area contributed by atoms with Crippen molar-refractivity contribution in [2.45, 2.75) is 24.2 Å². The Morgan fingerprint density at radius 3 is 2.53 bits per heavy atom. The minimum absolute atomic E-state index is 0.0179. The van der Waals surface area contributed by atoms with E-state index in [1.165, 1.54) is 28.0 Å². The van der Waals surface area contributed by atoms with Gasteiger partial charge in [0.1, 0.15) is 4.90 Å². The number of pyridine rings is 1. The number of halogens is 4. The molecule has 0 aliphatic rings. The second-order valence-corrected chi connectivity index (χ2v) is 10.6.